The minimum absolute atomic E-state index is 0.0391. The molecule has 0 radical (unpaired) electrons. The summed E-state index contributed by atoms with van der Waals surface area (Å²) in [4.78, 5) is 11.3. The number of sulfone groups is 1. The Morgan fingerprint density at radius 1 is 1.30 bits per heavy atom. The highest BCUT2D eigenvalue weighted by Crippen LogP contribution is 2.03. The minimum atomic E-state index is -3.30. The number of hydrogen-bond acceptors (Lipinski definition) is 4. The molecule has 1 aromatic carbocycles. The number of amides is 1. The number of carbonyl (C=O) groups is 1. The zero-order chi connectivity index (χ0) is 15.0. The van der Waals surface area contributed by atoms with Crippen LogP contribution < -0.4 is 5.32 Å². The maximum atomic E-state index is 11.3. The molecule has 5 nitrogen and oxygen atoms in total. The summed E-state index contributed by atoms with van der Waals surface area (Å²) in [6, 6.07) is 7.23. The zero-order valence-corrected chi connectivity index (χ0v) is 12.0. The fourth-order valence-electron chi connectivity index (χ4n) is 1.42. The van der Waals surface area contributed by atoms with Gasteiger partial charge in [-0.2, -0.15) is 0 Å². The van der Waals surface area contributed by atoms with Crippen molar-refractivity contribution in [2.24, 2.45) is 0 Å². The Morgan fingerprint density at radius 3 is 2.50 bits per heavy atom. The van der Waals surface area contributed by atoms with Gasteiger partial charge in [0.1, 0.15) is 5.75 Å². The highest BCUT2D eigenvalue weighted by Gasteiger charge is 2.09. The molecule has 1 aromatic rings. The lowest BCUT2D eigenvalue weighted by Gasteiger charge is -2.04. The van der Waals surface area contributed by atoms with Crippen molar-refractivity contribution in [1.29, 1.82) is 0 Å². The van der Waals surface area contributed by atoms with Gasteiger partial charge < -0.3 is 10.4 Å². The maximum Gasteiger partial charge on any atom is 0.235 e. The van der Waals surface area contributed by atoms with Gasteiger partial charge in [0, 0.05) is 24.8 Å². The first-order valence-corrected chi connectivity index (χ1v) is 8.10. The van der Waals surface area contributed by atoms with Gasteiger partial charge in [-0.1, -0.05) is 24.0 Å². The van der Waals surface area contributed by atoms with E-state index in [9.17, 15) is 13.2 Å². The largest absolute Gasteiger partial charge is 0.395 e. The third-order valence-electron chi connectivity index (χ3n) is 2.31. The molecule has 0 spiro atoms. The number of nitrogens with one attached hydrogen (secondary N) is 1. The van der Waals surface area contributed by atoms with E-state index in [-0.39, 0.29) is 13.2 Å². The van der Waals surface area contributed by atoms with Gasteiger partial charge in [0.25, 0.3) is 0 Å². The van der Waals surface area contributed by atoms with Gasteiger partial charge >= 0.3 is 0 Å². The molecule has 0 saturated carbocycles. The molecule has 0 aliphatic heterocycles. The molecular weight excluding hydrogens is 278 g/mol. The molecule has 0 aromatic heterocycles. The topological polar surface area (TPSA) is 83.5 Å². The second-order valence-electron chi connectivity index (χ2n) is 4.32. The van der Waals surface area contributed by atoms with Crippen molar-refractivity contribution in [3.05, 3.63) is 35.4 Å². The highest BCUT2D eigenvalue weighted by molar-refractivity contribution is 7.91. The molecule has 1 rings (SSSR count). The van der Waals surface area contributed by atoms with Gasteiger partial charge in [-0.15, -0.1) is 0 Å². The van der Waals surface area contributed by atoms with E-state index in [2.05, 4.69) is 17.2 Å². The van der Waals surface area contributed by atoms with Crippen molar-refractivity contribution in [2.45, 2.75) is 13.0 Å². The Balaban J connectivity index is 2.50. The van der Waals surface area contributed by atoms with E-state index in [1.165, 1.54) is 0 Å². The van der Waals surface area contributed by atoms with E-state index in [4.69, 9.17) is 5.11 Å². The summed E-state index contributed by atoms with van der Waals surface area (Å²) in [7, 11) is -3.30. The summed E-state index contributed by atoms with van der Waals surface area (Å²) in [5.74, 6) is 4.69. The lowest BCUT2D eigenvalue weighted by Crippen LogP contribution is -2.29. The third kappa shape index (κ3) is 6.92. The zero-order valence-electron chi connectivity index (χ0n) is 11.2. The van der Waals surface area contributed by atoms with Crippen molar-refractivity contribution >= 4 is 15.7 Å². The molecule has 2 N–H and O–H groups in total. The van der Waals surface area contributed by atoms with Crippen LogP contribution in [0.3, 0.4) is 0 Å². The maximum absolute atomic E-state index is 11.3. The van der Waals surface area contributed by atoms with Crippen molar-refractivity contribution < 1.29 is 18.3 Å². The van der Waals surface area contributed by atoms with Gasteiger partial charge in [-0.05, 0) is 17.7 Å². The van der Waals surface area contributed by atoms with Crippen LogP contribution in [0.4, 0.5) is 0 Å². The van der Waals surface area contributed by atoms with Crippen LogP contribution in [0.1, 0.15) is 17.5 Å². The molecule has 1 amide bonds. The van der Waals surface area contributed by atoms with E-state index in [0.29, 0.717) is 6.42 Å². The van der Waals surface area contributed by atoms with E-state index >= 15 is 0 Å². The van der Waals surface area contributed by atoms with Crippen LogP contribution in [0.2, 0.25) is 0 Å². The van der Waals surface area contributed by atoms with Crippen LogP contribution >= 0.6 is 0 Å². The highest BCUT2D eigenvalue weighted by atomic mass is 32.2. The first-order valence-electron chi connectivity index (χ1n) is 6.04. The average Bonchev–Trinajstić information content (AvgIpc) is 2.36. The number of hydrogen-bond donors (Lipinski definition) is 2. The van der Waals surface area contributed by atoms with Gasteiger partial charge in [0.15, 0.2) is 9.84 Å². The summed E-state index contributed by atoms with van der Waals surface area (Å²) in [6.07, 6.45) is 1.45. The normalized spacial score (nSPS) is 10.5. The quantitative estimate of drug-likeness (QED) is 0.754. The number of carbonyl (C=O) groups excluding carboxylic acids is 1. The summed E-state index contributed by atoms with van der Waals surface area (Å²) in [5, 5.41) is 11.1. The monoisotopic (exact) mass is 295 g/mol. The summed E-state index contributed by atoms with van der Waals surface area (Å²) >= 11 is 0. The van der Waals surface area contributed by atoms with Crippen molar-refractivity contribution in [1.82, 2.24) is 5.32 Å². The van der Waals surface area contributed by atoms with Crippen LogP contribution in [0.15, 0.2) is 24.3 Å². The fourth-order valence-corrected chi connectivity index (χ4v) is 1.99. The molecule has 0 aliphatic carbocycles. The summed E-state index contributed by atoms with van der Waals surface area (Å²) in [6.45, 7) is 0.316. The molecule has 0 atom stereocenters. The van der Waals surface area contributed by atoms with Crippen molar-refractivity contribution in [3.63, 3.8) is 0 Å². The van der Waals surface area contributed by atoms with Crippen molar-refractivity contribution in [3.8, 4) is 11.8 Å². The van der Waals surface area contributed by atoms with Crippen LogP contribution in [0, 0.1) is 11.8 Å². The van der Waals surface area contributed by atoms with Crippen LogP contribution in [0.5, 0.6) is 0 Å². The molecule has 0 fully saturated rings. The molecule has 0 saturated heterocycles. The lowest BCUT2D eigenvalue weighted by molar-refractivity contribution is -0.118. The lowest BCUT2D eigenvalue weighted by atomic mass is 10.1. The van der Waals surface area contributed by atoms with E-state index < -0.39 is 21.5 Å². The van der Waals surface area contributed by atoms with Crippen LogP contribution in [-0.2, 0) is 21.2 Å². The van der Waals surface area contributed by atoms with E-state index in [0.717, 1.165) is 17.4 Å². The van der Waals surface area contributed by atoms with Gasteiger partial charge in [-0.3, -0.25) is 4.79 Å². The number of rotatable bonds is 5. The second kappa shape index (κ2) is 7.68. The molecular formula is C14H17NO4S. The molecule has 0 bridgehead atoms. The molecule has 0 unspecified atom stereocenters. The molecule has 6 heteroatoms. The average molecular weight is 295 g/mol. The molecule has 0 aliphatic rings. The van der Waals surface area contributed by atoms with Gasteiger partial charge in [0.2, 0.25) is 5.91 Å². The Labute approximate surface area is 118 Å². The smallest absolute Gasteiger partial charge is 0.235 e. The standard InChI is InChI=1S/C14H17NO4S/c1-20(18,19)11-14(17)15-10-13-7-5-12(6-8-13)4-2-3-9-16/h5-8,16H,3,9-11H2,1H3,(H,15,17). The predicted octanol–water partition coefficient (Wildman–Crippen LogP) is 0.0813. The molecule has 0 heterocycles. The number of aliphatic hydroxyl groups excluding tert-OH is 1. The van der Waals surface area contributed by atoms with Crippen LogP contribution in [0.25, 0.3) is 0 Å². The van der Waals surface area contributed by atoms with Gasteiger partial charge in [0.05, 0.1) is 6.61 Å². The minimum Gasteiger partial charge on any atom is -0.395 e. The SMILES string of the molecule is CS(=O)(=O)CC(=O)NCc1ccc(C#CCCO)cc1. The first-order chi connectivity index (χ1) is 9.40. The van der Waals surface area contributed by atoms with Crippen molar-refractivity contribution in [2.75, 3.05) is 18.6 Å². The second-order valence-corrected chi connectivity index (χ2v) is 6.46. The van der Waals surface area contributed by atoms with Crippen LogP contribution in [-0.4, -0.2) is 38.0 Å². The van der Waals surface area contributed by atoms with E-state index in [1.54, 1.807) is 0 Å². The Kier molecular flexibility index (Phi) is 6.22. The Morgan fingerprint density at radius 2 is 1.95 bits per heavy atom. The molecule has 108 valence electrons. The summed E-state index contributed by atoms with van der Waals surface area (Å²) in [5.41, 5.74) is 1.68. The number of benzene rings is 1. The fraction of sp³-hybridized carbons (Fsp3) is 0.357. The summed E-state index contributed by atoms with van der Waals surface area (Å²) < 4.78 is 21.9. The molecule has 20 heavy (non-hydrogen) atoms. The third-order valence-corrected chi connectivity index (χ3v) is 3.09. The van der Waals surface area contributed by atoms with E-state index in [1.807, 2.05) is 24.3 Å². The Bertz CT molecular complexity index is 609. The van der Waals surface area contributed by atoms with Gasteiger partial charge in [-0.25, -0.2) is 8.42 Å². The predicted molar refractivity (Wildman–Crippen MR) is 76.6 cm³/mol. The Hall–Kier alpha value is -1.84. The first kappa shape index (κ1) is 16.2. The number of aliphatic hydroxyl groups is 1.